The Hall–Kier alpha value is -1.78. The van der Waals surface area contributed by atoms with E-state index in [-0.39, 0.29) is 23.8 Å². The second-order valence-corrected chi connectivity index (χ2v) is 7.76. The standard InChI is InChI=1S/C21H26ClNO3/c22-17-8-6-16(7-9-17)19(13-18-5-4-12-26-18)20(25)23-14-21(15-24)10-2-1-3-11-21/h4-9,12,19,24H,1-3,10-11,13-15H2,(H,23,25). The fourth-order valence-electron chi connectivity index (χ4n) is 3.78. The van der Waals surface area contributed by atoms with Crippen LogP contribution in [0.3, 0.4) is 0 Å². The van der Waals surface area contributed by atoms with Crippen molar-refractivity contribution in [1.82, 2.24) is 5.32 Å². The molecule has 0 bridgehead atoms. The van der Waals surface area contributed by atoms with Gasteiger partial charge in [-0.05, 0) is 42.7 Å². The number of furan rings is 1. The van der Waals surface area contributed by atoms with Gasteiger partial charge in [0.05, 0.1) is 18.8 Å². The zero-order chi connectivity index (χ0) is 18.4. The predicted octanol–water partition coefficient (Wildman–Crippen LogP) is 4.32. The summed E-state index contributed by atoms with van der Waals surface area (Å²) in [5.41, 5.74) is 0.730. The van der Waals surface area contributed by atoms with Crippen LogP contribution in [0.2, 0.25) is 5.02 Å². The summed E-state index contributed by atoms with van der Waals surface area (Å²) < 4.78 is 5.45. The monoisotopic (exact) mass is 375 g/mol. The molecule has 140 valence electrons. The van der Waals surface area contributed by atoms with Gasteiger partial charge in [-0.1, -0.05) is 43.0 Å². The third-order valence-corrected chi connectivity index (χ3v) is 5.71. The molecule has 5 heteroatoms. The summed E-state index contributed by atoms with van der Waals surface area (Å²) in [6.07, 6.45) is 7.48. The minimum Gasteiger partial charge on any atom is -0.469 e. The number of carbonyl (C=O) groups is 1. The molecule has 1 amide bonds. The van der Waals surface area contributed by atoms with Crippen LogP contribution in [0.4, 0.5) is 0 Å². The molecular weight excluding hydrogens is 350 g/mol. The Morgan fingerprint density at radius 2 is 1.92 bits per heavy atom. The van der Waals surface area contributed by atoms with Crippen molar-refractivity contribution >= 4 is 17.5 Å². The van der Waals surface area contributed by atoms with E-state index in [4.69, 9.17) is 16.0 Å². The van der Waals surface area contributed by atoms with E-state index in [1.54, 1.807) is 18.4 Å². The molecule has 1 unspecified atom stereocenters. The second kappa shape index (κ2) is 8.74. The number of amides is 1. The van der Waals surface area contributed by atoms with Crippen LogP contribution in [0.5, 0.6) is 0 Å². The lowest BCUT2D eigenvalue weighted by Gasteiger charge is -2.36. The van der Waals surface area contributed by atoms with Crippen molar-refractivity contribution in [1.29, 1.82) is 0 Å². The van der Waals surface area contributed by atoms with Gasteiger partial charge < -0.3 is 14.8 Å². The molecule has 1 aromatic heterocycles. The average molecular weight is 376 g/mol. The van der Waals surface area contributed by atoms with E-state index in [2.05, 4.69) is 5.32 Å². The van der Waals surface area contributed by atoms with Crippen LogP contribution in [0.1, 0.15) is 49.3 Å². The molecule has 2 aromatic rings. The summed E-state index contributed by atoms with van der Waals surface area (Å²) in [5.74, 6) is 0.384. The first-order chi connectivity index (χ1) is 12.6. The minimum absolute atomic E-state index is 0.0397. The molecule has 26 heavy (non-hydrogen) atoms. The summed E-state index contributed by atoms with van der Waals surface area (Å²) in [6.45, 7) is 0.641. The van der Waals surface area contributed by atoms with Gasteiger partial charge in [-0.2, -0.15) is 0 Å². The van der Waals surface area contributed by atoms with E-state index in [1.807, 2.05) is 24.3 Å². The van der Waals surface area contributed by atoms with Gasteiger partial charge >= 0.3 is 0 Å². The van der Waals surface area contributed by atoms with Crippen molar-refractivity contribution in [3.63, 3.8) is 0 Å². The minimum atomic E-state index is -0.349. The number of hydrogen-bond acceptors (Lipinski definition) is 3. The average Bonchev–Trinajstić information content (AvgIpc) is 3.19. The second-order valence-electron chi connectivity index (χ2n) is 7.32. The maximum atomic E-state index is 13.0. The number of rotatable bonds is 7. The molecule has 2 N–H and O–H groups in total. The van der Waals surface area contributed by atoms with Gasteiger partial charge in [-0.25, -0.2) is 0 Å². The van der Waals surface area contributed by atoms with Gasteiger partial charge in [0.15, 0.2) is 0 Å². The van der Waals surface area contributed by atoms with E-state index < -0.39 is 0 Å². The first kappa shape index (κ1) is 19.0. The Balaban J connectivity index is 1.72. The molecule has 0 saturated heterocycles. The maximum Gasteiger partial charge on any atom is 0.228 e. The third-order valence-electron chi connectivity index (χ3n) is 5.46. The number of aliphatic hydroxyl groups is 1. The molecule has 4 nitrogen and oxygen atoms in total. The molecular formula is C21H26ClNO3. The number of halogens is 1. The molecule has 1 aromatic carbocycles. The highest BCUT2D eigenvalue weighted by atomic mass is 35.5. The molecule has 1 aliphatic rings. The molecule has 1 atom stereocenters. The van der Waals surface area contributed by atoms with Crippen LogP contribution in [0.25, 0.3) is 0 Å². The van der Waals surface area contributed by atoms with E-state index in [9.17, 15) is 9.90 Å². The first-order valence-corrected chi connectivity index (χ1v) is 9.66. The molecule has 3 rings (SSSR count). The maximum absolute atomic E-state index is 13.0. The SMILES string of the molecule is O=C(NCC1(CO)CCCCC1)C(Cc1ccco1)c1ccc(Cl)cc1. The van der Waals surface area contributed by atoms with Crippen LogP contribution in [0.15, 0.2) is 47.1 Å². The van der Waals surface area contributed by atoms with Gasteiger partial charge in [0, 0.05) is 23.4 Å². The lowest BCUT2D eigenvalue weighted by Crippen LogP contribution is -2.43. The fraction of sp³-hybridized carbons (Fsp3) is 0.476. The normalized spacial score (nSPS) is 17.6. The van der Waals surface area contributed by atoms with Crippen molar-refractivity contribution in [2.24, 2.45) is 5.41 Å². The van der Waals surface area contributed by atoms with Crippen LogP contribution in [-0.2, 0) is 11.2 Å². The molecule has 1 aliphatic carbocycles. The summed E-state index contributed by atoms with van der Waals surface area (Å²) in [4.78, 5) is 13.0. The smallest absolute Gasteiger partial charge is 0.228 e. The molecule has 1 fully saturated rings. The highest BCUT2D eigenvalue weighted by Crippen LogP contribution is 2.35. The first-order valence-electron chi connectivity index (χ1n) is 9.28. The fourth-order valence-corrected chi connectivity index (χ4v) is 3.90. The molecule has 1 saturated carbocycles. The van der Waals surface area contributed by atoms with Crippen molar-refractivity contribution < 1.29 is 14.3 Å². The van der Waals surface area contributed by atoms with Crippen molar-refractivity contribution in [2.75, 3.05) is 13.2 Å². The summed E-state index contributed by atoms with van der Waals surface area (Å²) in [5, 5.41) is 13.6. The summed E-state index contributed by atoms with van der Waals surface area (Å²) >= 11 is 5.99. The van der Waals surface area contributed by atoms with Gasteiger partial charge in [0.2, 0.25) is 5.91 Å². The highest BCUT2D eigenvalue weighted by molar-refractivity contribution is 6.30. The van der Waals surface area contributed by atoms with Crippen molar-refractivity contribution in [3.05, 3.63) is 59.0 Å². The zero-order valence-corrected chi connectivity index (χ0v) is 15.7. The molecule has 1 heterocycles. The number of hydrogen-bond donors (Lipinski definition) is 2. The molecule has 0 aliphatic heterocycles. The van der Waals surface area contributed by atoms with E-state index in [1.165, 1.54) is 6.42 Å². The van der Waals surface area contributed by atoms with E-state index in [0.717, 1.165) is 37.0 Å². The highest BCUT2D eigenvalue weighted by Gasteiger charge is 2.33. The molecule has 0 spiro atoms. The van der Waals surface area contributed by atoms with Crippen LogP contribution >= 0.6 is 11.6 Å². The van der Waals surface area contributed by atoms with Gasteiger partial charge in [-0.15, -0.1) is 0 Å². The van der Waals surface area contributed by atoms with Crippen molar-refractivity contribution in [2.45, 2.75) is 44.4 Å². The Bertz CT molecular complexity index is 691. The molecule has 0 radical (unpaired) electrons. The van der Waals surface area contributed by atoms with E-state index in [0.29, 0.717) is 18.0 Å². The van der Waals surface area contributed by atoms with Gasteiger partial charge in [-0.3, -0.25) is 4.79 Å². The van der Waals surface area contributed by atoms with Crippen LogP contribution < -0.4 is 5.32 Å². The number of aliphatic hydroxyl groups excluding tert-OH is 1. The lowest BCUT2D eigenvalue weighted by molar-refractivity contribution is -0.123. The predicted molar refractivity (Wildman–Crippen MR) is 102 cm³/mol. The Labute approximate surface area is 159 Å². The number of carbonyl (C=O) groups excluding carboxylic acids is 1. The van der Waals surface area contributed by atoms with Crippen LogP contribution in [0, 0.1) is 5.41 Å². The largest absolute Gasteiger partial charge is 0.469 e. The van der Waals surface area contributed by atoms with Gasteiger partial charge in [0.25, 0.3) is 0 Å². The van der Waals surface area contributed by atoms with Crippen molar-refractivity contribution in [3.8, 4) is 0 Å². The Morgan fingerprint density at radius 3 is 2.54 bits per heavy atom. The topological polar surface area (TPSA) is 62.5 Å². The van der Waals surface area contributed by atoms with Crippen LogP contribution in [-0.4, -0.2) is 24.2 Å². The summed E-state index contributed by atoms with van der Waals surface area (Å²) in [7, 11) is 0. The Morgan fingerprint density at radius 1 is 1.19 bits per heavy atom. The Kier molecular flexibility index (Phi) is 6.38. The summed E-state index contributed by atoms with van der Waals surface area (Å²) in [6, 6.07) is 11.1. The van der Waals surface area contributed by atoms with E-state index >= 15 is 0 Å². The number of nitrogens with one attached hydrogen (secondary N) is 1. The zero-order valence-electron chi connectivity index (χ0n) is 14.9. The lowest BCUT2D eigenvalue weighted by atomic mass is 9.74. The van der Waals surface area contributed by atoms with Gasteiger partial charge in [0.1, 0.15) is 5.76 Å². The quantitative estimate of drug-likeness (QED) is 0.757. The number of benzene rings is 1. The third kappa shape index (κ3) is 4.68.